The van der Waals surface area contributed by atoms with Gasteiger partial charge in [-0.15, -0.1) is 0 Å². The molecule has 0 spiro atoms. The number of ether oxygens (including phenoxy) is 1. The Morgan fingerprint density at radius 2 is 2.10 bits per heavy atom. The van der Waals surface area contributed by atoms with Crippen LogP contribution in [0.4, 0.5) is 0 Å². The van der Waals surface area contributed by atoms with Crippen LogP contribution >= 0.6 is 0 Å². The maximum Gasteiger partial charge on any atom is 0.251 e. The van der Waals surface area contributed by atoms with Crippen molar-refractivity contribution in [2.75, 3.05) is 13.2 Å². The van der Waals surface area contributed by atoms with Crippen molar-refractivity contribution >= 4 is 5.91 Å². The normalized spacial score (nSPS) is 22.3. The van der Waals surface area contributed by atoms with Crippen molar-refractivity contribution in [3.8, 4) is 5.75 Å². The van der Waals surface area contributed by atoms with E-state index >= 15 is 0 Å². The Balaban J connectivity index is 1.82. The van der Waals surface area contributed by atoms with Crippen LogP contribution in [-0.2, 0) is 0 Å². The summed E-state index contributed by atoms with van der Waals surface area (Å²) in [6.07, 6.45) is 3.62. The van der Waals surface area contributed by atoms with Gasteiger partial charge in [0.2, 0.25) is 0 Å². The van der Waals surface area contributed by atoms with Gasteiger partial charge in [-0.2, -0.15) is 0 Å². The van der Waals surface area contributed by atoms with Gasteiger partial charge >= 0.3 is 0 Å². The highest BCUT2D eigenvalue weighted by Gasteiger charge is 2.20. The molecule has 110 valence electrons. The van der Waals surface area contributed by atoms with Crippen LogP contribution in [0.3, 0.4) is 0 Å². The molecule has 1 saturated carbocycles. The molecule has 2 unspecified atom stereocenters. The van der Waals surface area contributed by atoms with Gasteiger partial charge in [-0.3, -0.25) is 4.79 Å². The average molecular weight is 277 g/mol. The summed E-state index contributed by atoms with van der Waals surface area (Å²) in [5.41, 5.74) is 0.643. The van der Waals surface area contributed by atoms with Gasteiger partial charge in [0.25, 0.3) is 5.91 Å². The first kappa shape index (κ1) is 14.9. The molecular weight excluding hydrogens is 254 g/mol. The molecule has 0 aromatic heterocycles. The fraction of sp³-hybridized carbons (Fsp3) is 0.562. The summed E-state index contributed by atoms with van der Waals surface area (Å²) in [7, 11) is 0. The van der Waals surface area contributed by atoms with Crippen LogP contribution in [0.15, 0.2) is 24.3 Å². The van der Waals surface area contributed by atoms with Crippen molar-refractivity contribution in [2.24, 2.45) is 5.92 Å². The van der Waals surface area contributed by atoms with E-state index in [-0.39, 0.29) is 12.0 Å². The van der Waals surface area contributed by atoms with Crippen molar-refractivity contribution in [3.05, 3.63) is 29.8 Å². The summed E-state index contributed by atoms with van der Waals surface area (Å²) in [5, 5.41) is 12.6. The number of nitrogens with one attached hydrogen (secondary N) is 1. The van der Waals surface area contributed by atoms with Crippen molar-refractivity contribution in [1.82, 2.24) is 5.32 Å². The quantitative estimate of drug-likeness (QED) is 0.868. The highest BCUT2D eigenvalue weighted by molar-refractivity contribution is 5.94. The number of carbonyl (C=O) groups excluding carboxylic acids is 1. The molecule has 0 aliphatic heterocycles. The molecule has 4 nitrogen and oxygen atoms in total. The Morgan fingerprint density at radius 1 is 1.35 bits per heavy atom. The average Bonchev–Trinajstić information content (AvgIpc) is 2.46. The van der Waals surface area contributed by atoms with Gasteiger partial charge in [-0.05, 0) is 56.4 Å². The number of hydrogen-bond acceptors (Lipinski definition) is 3. The van der Waals surface area contributed by atoms with E-state index < -0.39 is 0 Å². The summed E-state index contributed by atoms with van der Waals surface area (Å²) >= 11 is 0. The SMILES string of the molecule is CCOc1ccc(C(=O)NCC2CCCC(O)C2)cc1. The standard InChI is InChI=1S/C16H23NO3/c1-2-20-15-8-6-13(7-9-15)16(19)17-11-12-4-3-5-14(18)10-12/h6-9,12,14,18H,2-5,10-11H2,1H3,(H,17,19). The maximum absolute atomic E-state index is 12.0. The van der Waals surface area contributed by atoms with Crippen molar-refractivity contribution in [1.29, 1.82) is 0 Å². The number of hydrogen-bond donors (Lipinski definition) is 2. The first-order valence-electron chi connectivity index (χ1n) is 7.38. The van der Waals surface area contributed by atoms with Gasteiger partial charge in [-0.1, -0.05) is 6.42 Å². The molecule has 0 bridgehead atoms. The molecule has 2 rings (SSSR count). The van der Waals surface area contributed by atoms with Crippen LogP contribution in [0.25, 0.3) is 0 Å². The van der Waals surface area contributed by atoms with Crippen LogP contribution in [-0.4, -0.2) is 30.3 Å². The highest BCUT2D eigenvalue weighted by Crippen LogP contribution is 2.23. The molecule has 1 fully saturated rings. The lowest BCUT2D eigenvalue weighted by molar-refractivity contribution is 0.0874. The number of amides is 1. The van der Waals surface area contributed by atoms with Crippen molar-refractivity contribution in [3.63, 3.8) is 0 Å². The Bertz CT molecular complexity index is 430. The Kier molecular flexibility index (Phi) is 5.41. The van der Waals surface area contributed by atoms with Crippen LogP contribution in [0.2, 0.25) is 0 Å². The number of aliphatic hydroxyl groups excluding tert-OH is 1. The van der Waals surface area contributed by atoms with Gasteiger partial charge < -0.3 is 15.2 Å². The molecule has 0 radical (unpaired) electrons. The Labute approximate surface area is 120 Å². The lowest BCUT2D eigenvalue weighted by Gasteiger charge is -2.25. The molecule has 20 heavy (non-hydrogen) atoms. The van der Waals surface area contributed by atoms with Crippen molar-refractivity contribution < 1.29 is 14.6 Å². The zero-order chi connectivity index (χ0) is 14.4. The van der Waals surface area contributed by atoms with E-state index in [2.05, 4.69) is 5.32 Å². The molecule has 1 aromatic rings. The fourth-order valence-electron chi connectivity index (χ4n) is 2.66. The molecule has 0 saturated heterocycles. The van der Waals surface area contributed by atoms with Gasteiger partial charge in [0.15, 0.2) is 0 Å². The van der Waals surface area contributed by atoms with Gasteiger partial charge in [0, 0.05) is 12.1 Å². The molecule has 1 aliphatic carbocycles. The van der Waals surface area contributed by atoms with E-state index in [4.69, 9.17) is 4.74 Å². The third-order valence-corrected chi connectivity index (χ3v) is 3.73. The zero-order valence-corrected chi connectivity index (χ0v) is 12.0. The highest BCUT2D eigenvalue weighted by atomic mass is 16.5. The van der Waals surface area contributed by atoms with E-state index in [9.17, 15) is 9.90 Å². The molecule has 2 atom stereocenters. The minimum atomic E-state index is -0.198. The Hall–Kier alpha value is -1.55. The second kappa shape index (κ2) is 7.29. The van der Waals surface area contributed by atoms with E-state index in [1.165, 1.54) is 0 Å². The molecule has 0 heterocycles. The minimum Gasteiger partial charge on any atom is -0.494 e. The van der Waals surface area contributed by atoms with E-state index in [1.54, 1.807) is 12.1 Å². The third-order valence-electron chi connectivity index (χ3n) is 3.73. The topological polar surface area (TPSA) is 58.6 Å². The number of rotatable bonds is 5. The van der Waals surface area contributed by atoms with Gasteiger partial charge in [-0.25, -0.2) is 0 Å². The largest absolute Gasteiger partial charge is 0.494 e. The number of benzene rings is 1. The molecule has 1 aromatic carbocycles. The second-order valence-electron chi connectivity index (χ2n) is 5.35. The van der Waals surface area contributed by atoms with E-state index in [0.717, 1.165) is 31.4 Å². The van der Waals surface area contributed by atoms with Crippen molar-refractivity contribution in [2.45, 2.75) is 38.7 Å². The van der Waals surface area contributed by atoms with Gasteiger partial charge in [0.1, 0.15) is 5.75 Å². The Morgan fingerprint density at radius 3 is 2.75 bits per heavy atom. The first-order chi connectivity index (χ1) is 9.69. The molecular formula is C16H23NO3. The smallest absolute Gasteiger partial charge is 0.251 e. The first-order valence-corrected chi connectivity index (χ1v) is 7.38. The zero-order valence-electron chi connectivity index (χ0n) is 12.0. The molecule has 4 heteroatoms. The number of aliphatic hydroxyl groups is 1. The van der Waals surface area contributed by atoms with Crippen LogP contribution in [0.1, 0.15) is 43.0 Å². The molecule has 2 N–H and O–H groups in total. The third kappa shape index (κ3) is 4.23. The fourth-order valence-corrected chi connectivity index (χ4v) is 2.66. The molecule has 1 aliphatic rings. The predicted molar refractivity (Wildman–Crippen MR) is 77.9 cm³/mol. The van der Waals surface area contributed by atoms with Gasteiger partial charge in [0.05, 0.1) is 12.7 Å². The van der Waals surface area contributed by atoms with Crippen LogP contribution in [0, 0.1) is 5.92 Å². The monoisotopic (exact) mass is 277 g/mol. The predicted octanol–water partition coefficient (Wildman–Crippen LogP) is 2.37. The summed E-state index contributed by atoms with van der Waals surface area (Å²) in [6.45, 7) is 3.19. The summed E-state index contributed by atoms with van der Waals surface area (Å²) in [6, 6.07) is 7.16. The van der Waals surface area contributed by atoms with E-state index in [0.29, 0.717) is 24.6 Å². The second-order valence-corrected chi connectivity index (χ2v) is 5.35. The van der Waals surface area contributed by atoms with E-state index in [1.807, 2.05) is 19.1 Å². The maximum atomic E-state index is 12.0. The molecule has 1 amide bonds. The lowest BCUT2D eigenvalue weighted by Crippen LogP contribution is -2.32. The minimum absolute atomic E-state index is 0.0619. The summed E-state index contributed by atoms with van der Waals surface area (Å²) in [4.78, 5) is 12.0. The summed E-state index contributed by atoms with van der Waals surface area (Å²) in [5.74, 6) is 1.11. The summed E-state index contributed by atoms with van der Waals surface area (Å²) < 4.78 is 5.35. The van der Waals surface area contributed by atoms with Crippen LogP contribution in [0.5, 0.6) is 5.75 Å². The van der Waals surface area contributed by atoms with Crippen LogP contribution < -0.4 is 10.1 Å². The number of carbonyl (C=O) groups is 1. The lowest BCUT2D eigenvalue weighted by atomic mass is 9.87.